The molecule has 3 aromatic rings. The van der Waals surface area contributed by atoms with Crippen LogP contribution in [-0.2, 0) is 6.42 Å². The van der Waals surface area contributed by atoms with E-state index < -0.39 is 0 Å². The van der Waals surface area contributed by atoms with Gasteiger partial charge in [-0.2, -0.15) is 0 Å². The summed E-state index contributed by atoms with van der Waals surface area (Å²) in [5, 5.41) is 2.84. The second-order valence-electron chi connectivity index (χ2n) is 8.44. The van der Waals surface area contributed by atoms with Crippen molar-refractivity contribution in [3.63, 3.8) is 0 Å². The second-order valence-corrected chi connectivity index (χ2v) is 8.44. The third kappa shape index (κ3) is 4.75. The lowest BCUT2D eigenvalue weighted by atomic mass is 9.85. The Labute approximate surface area is 187 Å². The van der Waals surface area contributed by atoms with E-state index >= 15 is 0 Å². The van der Waals surface area contributed by atoms with Crippen LogP contribution in [0.15, 0.2) is 72.0 Å². The summed E-state index contributed by atoms with van der Waals surface area (Å²) in [7, 11) is 1.63. The summed E-state index contributed by atoms with van der Waals surface area (Å²) < 4.78 is 5.38. The first-order chi connectivity index (χ1) is 15.3. The number of pyridine rings is 1. The van der Waals surface area contributed by atoms with Gasteiger partial charge in [0, 0.05) is 34.8 Å². The number of carbonyl (C=O) groups excluding carboxylic acids is 2. The van der Waals surface area contributed by atoms with E-state index in [4.69, 9.17) is 9.73 Å². The van der Waals surface area contributed by atoms with Gasteiger partial charge in [0.15, 0.2) is 5.78 Å². The zero-order valence-corrected chi connectivity index (χ0v) is 18.4. The molecule has 6 nitrogen and oxygen atoms in total. The highest BCUT2D eigenvalue weighted by atomic mass is 16.5. The van der Waals surface area contributed by atoms with Crippen LogP contribution in [0.5, 0.6) is 5.75 Å². The Morgan fingerprint density at radius 1 is 1.03 bits per heavy atom. The minimum absolute atomic E-state index is 0.0600. The third-order valence-electron chi connectivity index (χ3n) is 5.40. The van der Waals surface area contributed by atoms with E-state index in [1.165, 1.54) is 0 Å². The van der Waals surface area contributed by atoms with Crippen molar-refractivity contribution in [2.24, 2.45) is 4.99 Å². The van der Waals surface area contributed by atoms with Crippen LogP contribution in [0.3, 0.4) is 0 Å². The van der Waals surface area contributed by atoms with Gasteiger partial charge in [-0.25, -0.2) is 0 Å². The molecule has 1 N–H and O–H groups in total. The van der Waals surface area contributed by atoms with Crippen molar-refractivity contribution in [1.29, 1.82) is 0 Å². The summed E-state index contributed by atoms with van der Waals surface area (Å²) in [6, 6.07) is 16.2. The molecule has 1 aromatic heterocycles. The Bertz CT molecular complexity index is 1200. The van der Waals surface area contributed by atoms with Crippen molar-refractivity contribution >= 4 is 23.1 Å². The van der Waals surface area contributed by atoms with Gasteiger partial charge < -0.3 is 10.1 Å². The lowest BCUT2D eigenvalue weighted by Gasteiger charge is -2.29. The SMILES string of the molecule is COc1ccc2c(c1)C(CC(=O)c1cccc(NC(=O)c3ccncc3)c1)=NC(C)(C)C2. The van der Waals surface area contributed by atoms with E-state index in [0.717, 1.165) is 29.0 Å². The number of amides is 1. The van der Waals surface area contributed by atoms with Crippen molar-refractivity contribution in [3.05, 3.63) is 89.2 Å². The molecule has 0 unspecified atom stereocenters. The summed E-state index contributed by atoms with van der Waals surface area (Å²) in [4.78, 5) is 34.4. The van der Waals surface area contributed by atoms with Gasteiger partial charge in [0.05, 0.1) is 24.8 Å². The highest BCUT2D eigenvalue weighted by Gasteiger charge is 2.28. The molecule has 162 valence electrons. The molecule has 4 rings (SSSR count). The Morgan fingerprint density at radius 3 is 2.56 bits per heavy atom. The molecule has 1 aliphatic heterocycles. The fourth-order valence-corrected chi connectivity index (χ4v) is 3.90. The van der Waals surface area contributed by atoms with Crippen LogP contribution >= 0.6 is 0 Å². The molecule has 1 aliphatic rings. The molecule has 0 spiro atoms. The van der Waals surface area contributed by atoms with Crippen LogP contribution in [0, 0.1) is 0 Å². The number of anilines is 1. The van der Waals surface area contributed by atoms with E-state index in [0.29, 0.717) is 16.8 Å². The Hall–Kier alpha value is -3.80. The Kier molecular flexibility index (Phi) is 5.86. The van der Waals surface area contributed by atoms with E-state index in [-0.39, 0.29) is 23.7 Å². The summed E-state index contributed by atoms with van der Waals surface area (Å²) in [6.45, 7) is 4.14. The quantitative estimate of drug-likeness (QED) is 0.576. The van der Waals surface area contributed by atoms with E-state index in [1.807, 2.05) is 18.2 Å². The van der Waals surface area contributed by atoms with Crippen LogP contribution in [0.4, 0.5) is 5.69 Å². The highest BCUT2D eigenvalue weighted by Crippen LogP contribution is 2.31. The summed E-state index contributed by atoms with van der Waals surface area (Å²) in [5.41, 5.74) is 4.18. The predicted molar refractivity (Wildman–Crippen MR) is 125 cm³/mol. The van der Waals surface area contributed by atoms with Gasteiger partial charge in [-0.05, 0) is 62.2 Å². The molecule has 2 aromatic carbocycles. The van der Waals surface area contributed by atoms with Gasteiger partial charge in [0.1, 0.15) is 5.75 Å². The topological polar surface area (TPSA) is 80.6 Å². The van der Waals surface area contributed by atoms with Gasteiger partial charge in [0.25, 0.3) is 5.91 Å². The van der Waals surface area contributed by atoms with Crippen LogP contribution in [0.1, 0.15) is 52.1 Å². The third-order valence-corrected chi connectivity index (χ3v) is 5.40. The highest BCUT2D eigenvalue weighted by molar-refractivity contribution is 6.17. The smallest absolute Gasteiger partial charge is 0.255 e. The molecule has 0 aliphatic carbocycles. The van der Waals surface area contributed by atoms with Crippen molar-refractivity contribution in [2.75, 3.05) is 12.4 Å². The van der Waals surface area contributed by atoms with E-state index in [2.05, 4.69) is 24.1 Å². The number of hydrogen-bond donors (Lipinski definition) is 1. The number of ether oxygens (including phenoxy) is 1. The van der Waals surface area contributed by atoms with Crippen LogP contribution < -0.4 is 10.1 Å². The minimum Gasteiger partial charge on any atom is -0.497 e. The number of rotatable bonds is 6. The van der Waals surface area contributed by atoms with Crippen molar-refractivity contribution in [2.45, 2.75) is 32.2 Å². The van der Waals surface area contributed by atoms with Gasteiger partial charge in [-0.1, -0.05) is 18.2 Å². The maximum absolute atomic E-state index is 13.2. The lowest BCUT2D eigenvalue weighted by Crippen LogP contribution is -2.30. The number of aromatic nitrogens is 1. The van der Waals surface area contributed by atoms with Crippen LogP contribution in [0.25, 0.3) is 0 Å². The van der Waals surface area contributed by atoms with Crippen LogP contribution in [-0.4, -0.2) is 35.0 Å². The molecule has 0 saturated carbocycles. The standard InChI is InChI=1S/C26H25N3O3/c1-26(2)16-19-7-8-21(32-3)14-22(19)23(29-26)15-24(30)18-5-4-6-20(13-18)28-25(31)17-9-11-27-12-10-17/h4-14H,15-16H2,1-3H3,(H,28,31). The molecular weight excluding hydrogens is 402 g/mol. The zero-order valence-electron chi connectivity index (χ0n) is 18.4. The maximum atomic E-state index is 13.2. The molecular formula is C26H25N3O3. The zero-order chi connectivity index (χ0) is 22.7. The molecule has 1 amide bonds. The second kappa shape index (κ2) is 8.75. The van der Waals surface area contributed by atoms with Crippen molar-refractivity contribution in [1.82, 2.24) is 4.98 Å². The summed E-state index contributed by atoms with van der Waals surface area (Å²) >= 11 is 0. The maximum Gasteiger partial charge on any atom is 0.255 e. The van der Waals surface area contributed by atoms with Gasteiger partial charge >= 0.3 is 0 Å². The molecule has 0 atom stereocenters. The number of methoxy groups -OCH3 is 1. The van der Waals surface area contributed by atoms with Gasteiger partial charge in [-0.15, -0.1) is 0 Å². The molecule has 0 radical (unpaired) electrons. The first-order valence-corrected chi connectivity index (χ1v) is 10.5. The van der Waals surface area contributed by atoms with Crippen molar-refractivity contribution < 1.29 is 14.3 Å². The average molecular weight is 428 g/mol. The normalized spacial score (nSPS) is 14.2. The van der Waals surface area contributed by atoms with Crippen molar-refractivity contribution in [3.8, 4) is 5.75 Å². The number of fused-ring (bicyclic) bond motifs is 1. The molecule has 0 bridgehead atoms. The van der Waals surface area contributed by atoms with E-state index in [9.17, 15) is 9.59 Å². The lowest BCUT2D eigenvalue weighted by molar-refractivity contribution is 0.0996. The predicted octanol–water partition coefficient (Wildman–Crippen LogP) is 4.74. The fraction of sp³-hybridized carbons (Fsp3) is 0.231. The number of hydrogen-bond acceptors (Lipinski definition) is 5. The average Bonchev–Trinajstić information content (AvgIpc) is 2.79. The van der Waals surface area contributed by atoms with Gasteiger partial charge in [-0.3, -0.25) is 19.6 Å². The minimum atomic E-state index is -0.280. The first kappa shape index (κ1) is 21.4. The monoisotopic (exact) mass is 427 g/mol. The molecule has 0 saturated heterocycles. The van der Waals surface area contributed by atoms with Crippen LogP contribution in [0.2, 0.25) is 0 Å². The number of benzene rings is 2. The first-order valence-electron chi connectivity index (χ1n) is 10.5. The van der Waals surface area contributed by atoms with E-state index in [1.54, 1.807) is 55.9 Å². The number of ketones is 1. The number of nitrogens with one attached hydrogen (secondary N) is 1. The summed E-state index contributed by atoms with van der Waals surface area (Å²) in [6.07, 6.45) is 4.11. The number of aliphatic imine (C=N–C) groups is 1. The summed E-state index contributed by atoms with van der Waals surface area (Å²) in [5.74, 6) is 0.427. The van der Waals surface area contributed by atoms with Gasteiger partial charge in [0.2, 0.25) is 0 Å². The fourth-order valence-electron chi connectivity index (χ4n) is 3.90. The number of Topliss-reactive ketones (excluding diaryl/α,β-unsaturated/α-hetero) is 1. The molecule has 0 fully saturated rings. The molecule has 6 heteroatoms. The molecule has 2 heterocycles. The largest absolute Gasteiger partial charge is 0.497 e. The Balaban J connectivity index is 1.56. The Morgan fingerprint density at radius 2 is 1.81 bits per heavy atom. The number of nitrogens with zero attached hydrogens (tertiary/aromatic N) is 2. The number of carbonyl (C=O) groups is 2. The molecule has 32 heavy (non-hydrogen) atoms.